The Balaban J connectivity index is 1.47. The number of hydrogen-bond donors (Lipinski definition) is 3. The molecule has 0 unspecified atom stereocenters. The minimum Gasteiger partial charge on any atom is -0.351 e. The van der Waals surface area contributed by atoms with Gasteiger partial charge in [-0.25, -0.2) is 14.6 Å². The molecular weight excluding hydrogens is 420 g/mol. The van der Waals surface area contributed by atoms with Crippen molar-refractivity contribution < 1.29 is 14.4 Å². The molecule has 0 saturated heterocycles. The molecule has 1 aromatic heterocycles. The van der Waals surface area contributed by atoms with Crippen LogP contribution in [0.2, 0.25) is 5.02 Å². The molecule has 0 aliphatic carbocycles. The number of nitrogens with one attached hydrogen (secondary N) is 2. The van der Waals surface area contributed by atoms with E-state index in [2.05, 4.69) is 15.7 Å². The molecule has 0 radical (unpaired) electrons. The summed E-state index contributed by atoms with van der Waals surface area (Å²) in [7, 11) is 0. The van der Waals surface area contributed by atoms with Gasteiger partial charge in [0.1, 0.15) is 6.04 Å². The summed E-state index contributed by atoms with van der Waals surface area (Å²) in [6, 6.07) is 12.1. The standard InChI is InChI=1S/C21H19ClN6O3/c22-14-5-3-4-13(10-14)11-24-19(29)18-8-9-25-28(18)21(31)26-16-12-27(20(23)30)17-7-2-1-6-15(16)17/h1-7,9-10,12,18H,8,11H2,(H2,23,30)(H,24,29)(H,26,31)/t18-/m0/s1. The van der Waals surface area contributed by atoms with E-state index in [9.17, 15) is 14.4 Å². The molecule has 0 saturated carbocycles. The van der Waals surface area contributed by atoms with Crippen LogP contribution >= 0.6 is 11.6 Å². The topological polar surface area (TPSA) is 122 Å². The van der Waals surface area contributed by atoms with Crippen molar-refractivity contribution in [2.24, 2.45) is 10.8 Å². The molecule has 2 aromatic carbocycles. The summed E-state index contributed by atoms with van der Waals surface area (Å²) in [6.07, 6.45) is 3.24. The van der Waals surface area contributed by atoms with Crippen molar-refractivity contribution >= 4 is 52.4 Å². The van der Waals surface area contributed by atoms with Crippen LogP contribution in [-0.2, 0) is 11.3 Å². The lowest BCUT2D eigenvalue weighted by Crippen LogP contribution is -2.46. The molecule has 158 valence electrons. The Morgan fingerprint density at radius 1 is 1.16 bits per heavy atom. The Morgan fingerprint density at radius 3 is 2.74 bits per heavy atom. The predicted molar refractivity (Wildman–Crippen MR) is 118 cm³/mol. The molecule has 1 aliphatic heterocycles. The van der Waals surface area contributed by atoms with Crippen LogP contribution in [0.4, 0.5) is 15.3 Å². The number of halogens is 1. The van der Waals surface area contributed by atoms with Crippen molar-refractivity contribution in [2.45, 2.75) is 19.0 Å². The fourth-order valence-electron chi connectivity index (χ4n) is 3.42. The second-order valence-corrected chi connectivity index (χ2v) is 7.38. The summed E-state index contributed by atoms with van der Waals surface area (Å²) in [5.41, 5.74) is 7.21. The lowest BCUT2D eigenvalue weighted by Gasteiger charge is -2.21. The zero-order valence-electron chi connectivity index (χ0n) is 16.3. The van der Waals surface area contributed by atoms with Crippen molar-refractivity contribution in [1.82, 2.24) is 14.9 Å². The number of primary amides is 1. The Labute approximate surface area is 182 Å². The number of urea groups is 1. The van der Waals surface area contributed by atoms with E-state index < -0.39 is 18.1 Å². The quantitative estimate of drug-likeness (QED) is 0.580. The van der Waals surface area contributed by atoms with E-state index in [1.807, 2.05) is 6.07 Å². The first kappa shape index (κ1) is 20.4. The molecule has 4 amide bonds. The van der Waals surface area contributed by atoms with Gasteiger partial charge in [-0.2, -0.15) is 5.10 Å². The molecule has 4 N–H and O–H groups in total. The van der Waals surface area contributed by atoms with Crippen LogP contribution in [0, 0.1) is 0 Å². The second-order valence-electron chi connectivity index (χ2n) is 6.94. The van der Waals surface area contributed by atoms with Gasteiger partial charge in [-0.1, -0.05) is 41.9 Å². The monoisotopic (exact) mass is 438 g/mol. The molecule has 4 rings (SSSR count). The van der Waals surface area contributed by atoms with Gasteiger partial charge in [0.05, 0.1) is 11.2 Å². The molecule has 1 aliphatic rings. The first-order valence-corrected chi connectivity index (χ1v) is 9.86. The predicted octanol–water partition coefficient (Wildman–Crippen LogP) is 3.13. The van der Waals surface area contributed by atoms with E-state index in [0.717, 1.165) is 10.6 Å². The number of hydrazone groups is 1. The number of fused-ring (bicyclic) bond motifs is 1. The van der Waals surface area contributed by atoms with Gasteiger partial charge in [-0.05, 0) is 23.8 Å². The van der Waals surface area contributed by atoms with Gasteiger partial charge < -0.3 is 16.4 Å². The van der Waals surface area contributed by atoms with Gasteiger partial charge in [-0.3, -0.25) is 9.36 Å². The van der Waals surface area contributed by atoms with E-state index in [4.69, 9.17) is 17.3 Å². The number of benzene rings is 2. The molecular formula is C21H19ClN6O3. The average Bonchev–Trinajstić information content (AvgIpc) is 3.38. The molecule has 9 nitrogen and oxygen atoms in total. The fourth-order valence-corrected chi connectivity index (χ4v) is 3.63. The number of para-hydroxylation sites is 1. The van der Waals surface area contributed by atoms with Crippen molar-refractivity contribution in [3.05, 3.63) is 65.3 Å². The van der Waals surface area contributed by atoms with Crippen molar-refractivity contribution in [3.63, 3.8) is 0 Å². The minimum absolute atomic E-state index is 0.275. The van der Waals surface area contributed by atoms with Crippen LogP contribution in [-0.4, -0.2) is 39.8 Å². The van der Waals surface area contributed by atoms with Gasteiger partial charge in [0, 0.05) is 35.8 Å². The number of nitrogens with two attached hydrogens (primary N) is 1. The van der Waals surface area contributed by atoms with Crippen LogP contribution in [0.15, 0.2) is 59.8 Å². The number of rotatable bonds is 4. The van der Waals surface area contributed by atoms with E-state index in [1.165, 1.54) is 17.0 Å². The van der Waals surface area contributed by atoms with E-state index >= 15 is 0 Å². The van der Waals surface area contributed by atoms with Gasteiger partial charge in [-0.15, -0.1) is 0 Å². The Bertz CT molecular complexity index is 1200. The van der Waals surface area contributed by atoms with Crippen molar-refractivity contribution in [1.29, 1.82) is 0 Å². The van der Waals surface area contributed by atoms with Gasteiger partial charge in [0.2, 0.25) is 5.91 Å². The van der Waals surface area contributed by atoms with E-state index in [-0.39, 0.29) is 18.9 Å². The van der Waals surface area contributed by atoms with Crippen molar-refractivity contribution in [2.75, 3.05) is 5.32 Å². The third-order valence-electron chi connectivity index (χ3n) is 4.89. The maximum absolute atomic E-state index is 12.8. The Kier molecular flexibility index (Phi) is 5.59. The molecule has 1 atom stereocenters. The highest BCUT2D eigenvalue weighted by Crippen LogP contribution is 2.26. The Morgan fingerprint density at radius 2 is 1.97 bits per heavy atom. The normalized spacial score (nSPS) is 15.3. The summed E-state index contributed by atoms with van der Waals surface area (Å²) in [5.74, 6) is -0.341. The highest BCUT2D eigenvalue weighted by Gasteiger charge is 2.33. The maximum atomic E-state index is 12.8. The second kappa shape index (κ2) is 8.49. The zero-order valence-corrected chi connectivity index (χ0v) is 17.0. The molecule has 0 spiro atoms. The number of carbonyl (C=O) groups is 3. The van der Waals surface area contributed by atoms with Crippen LogP contribution in [0.5, 0.6) is 0 Å². The largest absolute Gasteiger partial charge is 0.351 e. The summed E-state index contributed by atoms with van der Waals surface area (Å²) in [4.78, 5) is 37.2. The number of amides is 4. The molecule has 0 fully saturated rings. The molecule has 0 bridgehead atoms. The molecule has 3 aromatic rings. The smallest absolute Gasteiger partial charge is 0.343 e. The number of carbonyl (C=O) groups excluding carboxylic acids is 3. The molecule has 2 heterocycles. The van der Waals surface area contributed by atoms with Crippen LogP contribution < -0.4 is 16.4 Å². The average molecular weight is 439 g/mol. The number of hydrogen-bond acceptors (Lipinski definition) is 4. The highest BCUT2D eigenvalue weighted by atomic mass is 35.5. The van der Waals surface area contributed by atoms with Crippen molar-refractivity contribution in [3.8, 4) is 0 Å². The minimum atomic E-state index is -0.788. The lowest BCUT2D eigenvalue weighted by molar-refractivity contribution is -0.125. The number of nitrogens with zero attached hydrogens (tertiary/aromatic N) is 3. The maximum Gasteiger partial charge on any atom is 0.343 e. The number of aromatic nitrogens is 1. The first-order chi connectivity index (χ1) is 14.9. The third kappa shape index (κ3) is 4.22. The fraction of sp³-hybridized carbons (Fsp3) is 0.143. The van der Waals surface area contributed by atoms with Crippen LogP contribution in [0.1, 0.15) is 12.0 Å². The highest BCUT2D eigenvalue weighted by molar-refractivity contribution is 6.30. The summed E-state index contributed by atoms with van der Waals surface area (Å²) in [5, 5.41) is 11.9. The molecule has 10 heteroatoms. The van der Waals surface area contributed by atoms with E-state index in [0.29, 0.717) is 21.6 Å². The summed E-state index contributed by atoms with van der Waals surface area (Å²) < 4.78 is 1.24. The van der Waals surface area contributed by atoms with Crippen LogP contribution in [0.3, 0.4) is 0 Å². The van der Waals surface area contributed by atoms with Gasteiger partial charge >= 0.3 is 12.1 Å². The SMILES string of the molecule is NC(=O)n1cc(NC(=O)N2N=CC[C@H]2C(=O)NCc2cccc(Cl)c2)c2ccccc21. The first-order valence-electron chi connectivity index (χ1n) is 9.49. The van der Waals surface area contributed by atoms with Gasteiger partial charge in [0.25, 0.3) is 0 Å². The summed E-state index contributed by atoms with van der Waals surface area (Å²) in [6.45, 7) is 0.275. The lowest BCUT2D eigenvalue weighted by atomic mass is 10.2. The van der Waals surface area contributed by atoms with Crippen LogP contribution in [0.25, 0.3) is 10.9 Å². The van der Waals surface area contributed by atoms with E-state index in [1.54, 1.807) is 42.5 Å². The third-order valence-corrected chi connectivity index (χ3v) is 5.12. The summed E-state index contributed by atoms with van der Waals surface area (Å²) >= 11 is 5.97. The van der Waals surface area contributed by atoms with Gasteiger partial charge in [0.15, 0.2) is 0 Å². The molecule has 31 heavy (non-hydrogen) atoms. The Hall–Kier alpha value is -3.85. The zero-order chi connectivity index (χ0) is 22.0. The number of anilines is 1.